The Balaban J connectivity index is 1.92. The van der Waals surface area contributed by atoms with Crippen molar-refractivity contribution in [2.24, 2.45) is 5.92 Å². The SMILES string of the molecule is CCC(CC)C(=O)NC[C@@H](c1ccc(Br)cc1)c1c[nH]c2ccccc12. The normalized spacial score (nSPS) is 12.5. The van der Waals surface area contributed by atoms with E-state index >= 15 is 0 Å². The Bertz CT molecular complexity index is 865. The lowest BCUT2D eigenvalue weighted by Gasteiger charge is -2.20. The summed E-state index contributed by atoms with van der Waals surface area (Å²) in [6.45, 7) is 4.73. The van der Waals surface area contributed by atoms with E-state index < -0.39 is 0 Å². The van der Waals surface area contributed by atoms with E-state index in [4.69, 9.17) is 0 Å². The summed E-state index contributed by atoms with van der Waals surface area (Å²) in [4.78, 5) is 15.9. The lowest BCUT2D eigenvalue weighted by molar-refractivity contribution is -0.125. The highest BCUT2D eigenvalue weighted by atomic mass is 79.9. The summed E-state index contributed by atoms with van der Waals surface area (Å²) in [5, 5.41) is 4.39. The van der Waals surface area contributed by atoms with Crippen molar-refractivity contribution < 1.29 is 4.79 Å². The zero-order chi connectivity index (χ0) is 18.5. The fraction of sp³-hybridized carbons (Fsp3) is 0.318. The first-order valence-corrected chi connectivity index (χ1v) is 10.0. The average molecular weight is 413 g/mol. The summed E-state index contributed by atoms with van der Waals surface area (Å²) in [7, 11) is 0. The van der Waals surface area contributed by atoms with Gasteiger partial charge in [0.2, 0.25) is 5.91 Å². The number of nitrogens with one attached hydrogen (secondary N) is 2. The van der Waals surface area contributed by atoms with Gasteiger partial charge in [-0.1, -0.05) is 60.1 Å². The monoisotopic (exact) mass is 412 g/mol. The second-order valence-electron chi connectivity index (χ2n) is 6.65. The molecule has 0 aliphatic carbocycles. The highest BCUT2D eigenvalue weighted by molar-refractivity contribution is 9.10. The molecule has 1 atom stereocenters. The summed E-state index contributed by atoms with van der Waals surface area (Å²) < 4.78 is 1.06. The van der Waals surface area contributed by atoms with Gasteiger partial charge in [0.05, 0.1) is 0 Å². The van der Waals surface area contributed by atoms with Gasteiger partial charge in [0.25, 0.3) is 0 Å². The van der Waals surface area contributed by atoms with E-state index in [-0.39, 0.29) is 17.7 Å². The highest BCUT2D eigenvalue weighted by Crippen LogP contribution is 2.31. The minimum atomic E-state index is 0.0866. The molecule has 26 heavy (non-hydrogen) atoms. The predicted octanol–water partition coefficient (Wildman–Crippen LogP) is 5.61. The number of benzene rings is 2. The number of aromatic nitrogens is 1. The second-order valence-corrected chi connectivity index (χ2v) is 7.57. The smallest absolute Gasteiger partial charge is 0.223 e. The molecular weight excluding hydrogens is 388 g/mol. The molecule has 136 valence electrons. The molecule has 3 nitrogen and oxygen atoms in total. The molecular formula is C22H25BrN2O. The molecule has 3 aromatic rings. The molecule has 0 bridgehead atoms. The summed E-state index contributed by atoms with van der Waals surface area (Å²) in [5.41, 5.74) is 3.53. The van der Waals surface area contributed by atoms with Crippen molar-refractivity contribution in [3.05, 3.63) is 70.3 Å². The first kappa shape index (κ1) is 18.7. The van der Waals surface area contributed by atoms with Crippen LogP contribution in [0.1, 0.15) is 43.7 Å². The summed E-state index contributed by atoms with van der Waals surface area (Å²) in [6, 6.07) is 16.7. The van der Waals surface area contributed by atoms with Crippen LogP contribution in [-0.4, -0.2) is 17.4 Å². The number of hydrogen-bond donors (Lipinski definition) is 2. The van der Waals surface area contributed by atoms with E-state index in [2.05, 4.69) is 88.7 Å². The molecule has 0 fully saturated rings. The van der Waals surface area contributed by atoms with E-state index in [1.807, 2.05) is 6.07 Å². The number of H-pyrrole nitrogens is 1. The number of carbonyl (C=O) groups excluding carboxylic acids is 1. The number of hydrogen-bond acceptors (Lipinski definition) is 1. The van der Waals surface area contributed by atoms with E-state index in [0.29, 0.717) is 6.54 Å². The van der Waals surface area contributed by atoms with Crippen molar-refractivity contribution in [3.63, 3.8) is 0 Å². The molecule has 0 saturated carbocycles. The van der Waals surface area contributed by atoms with Gasteiger partial charge in [-0.25, -0.2) is 0 Å². The largest absolute Gasteiger partial charge is 0.361 e. The number of carbonyl (C=O) groups is 1. The predicted molar refractivity (Wildman–Crippen MR) is 111 cm³/mol. The van der Waals surface area contributed by atoms with Crippen LogP contribution < -0.4 is 5.32 Å². The van der Waals surface area contributed by atoms with Crippen LogP contribution in [0.25, 0.3) is 10.9 Å². The highest BCUT2D eigenvalue weighted by Gasteiger charge is 2.21. The number of fused-ring (bicyclic) bond motifs is 1. The first-order valence-electron chi connectivity index (χ1n) is 9.23. The van der Waals surface area contributed by atoms with Gasteiger partial charge in [0.1, 0.15) is 0 Å². The number of halogens is 1. The van der Waals surface area contributed by atoms with Gasteiger partial charge in [-0.05, 0) is 42.2 Å². The standard InChI is InChI=1S/C22H25BrN2O/c1-3-15(4-2)22(26)25-13-19(16-9-11-17(23)12-10-16)20-14-24-21-8-6-5-7-18(20)21/h5-12,14-15,19,24H,3-4,13H2,1-2H3,(H,25,26)/t19-/m0/s1. The van der Waals surface area contributed by atoms with Crippen molar-refractivity contribution in [1.82, 2.24) is 10.3 Å². The van der Waals surface area contributed by atoms with E-state index in [0.717, 1.165) is 22.8 Å². The Morgan fingerprint density at radius 1 is 1.08 bits per heavy atom. The van der Waals surface area contributed by atoms with Crippen LogP contribution in [-0.2, 0) is 4.79 Å². The van der Waals surface area contributed by atoms with Gasteiger partial charge in [-0.3, -0.25) is 4.79 Å². The summed E-state index contributed by atoms with van der Waals surface area (Å²) >= 11 is 3.51. The fourth-order valence-electron chi connectivity index (χ4n) is 3.49. The van der Waals surface area contributed by atoms with Crippen LogP contribution in [0.3, 0.4) is 0 Å². The molecule has 0 spiro atoms. The molecule has 3 rings (SSSR count). The molecule has 1 amide bonds. The molecule has 1 heterocycles. The van der Waals surface area contributed by atoms with Crippen molar-refractivity contribution in [2.45, 2.75) is 32.6 Å². The minimum Gasteiger partial charge on any atom is -0.361 e. The lowest BCUT2D eigenvalue weighted by atomic mass is 9.90. The maximum atomic E-state index is 12.5. The second kappa shape index (κ2) is 8.54. The van der Waals surface area contributed by atoms with Gasteiger partial charge < -0.3 is 10.3 Å². The molecule has 0 saturated heterocycles. The first-order chi connectivity index (χ1) is 12.6. The van der Waals surface area contributed by atoms with E-state index in [1.165, 1.54) is 16.5 Å². The Morgan fingerprint density at radius 2 is 1.77 bits per heavy atom. The third-order valence-corrected chi connectivity index (χ3v) is 5.63. The zero-order valence-electron chi connectivity index (χ0n) is 15.3. The molecule has 0 aliphatic rings. The van der Waals surface area contributed by atoms with Crippen molar-refractivity contribution in [3.8, 4) is 0 Å². The van der Waals surface area contributed by atoms with Gasteiger partial charge in [0, 0.05) is 40.0 Å². The quantitative estimate of drug-likeness (QED) is 0.519. The number of aromatic amines is 1. The molecule has 0 aliphatic heterocycles. The van der Waals surface area contributed by atoms with Crippen molar-refractivity contribution >= 4 is 32.7 Å². The van der Waals surface area contributed by atoms with Gasteiger partial charge in [-0.15, -0.1) is 0 Å². The van der Waals surface area contributed by atoms with Gasteiger partial charge in [-0.2, -0.15) is 0 Å². The number of rotatable bonds is 7. The number of amides is 1. The Kier molecular flexibility index (Phi) is 6.15. The maximum Gasteiger partial charge on any atom is 0.223 e. The fourth-order valence-corrected chi connectivity index (χ4v) is 3.76. The Hall–Kier alpha value is -2.07. The number of para-hydroxylation sites is 1. The van der Waals surface area contributed by atoms with Crippen LogP contribution in [0, 0.1) is 5.92 Å². The maximum absolute atomic E-state index is 12.5. The molecule has 0 radical (unpaired) electrons. The molecule has 2 N–H and O–H groups in total. The average Bonchev–Trinajstić information content (AvgIpc) is 3.08. The van der Waals surface area contributed by atoms with Crippen molar-refractivity contribution in [2.75, 3.05) is 6.54 Å². The van der Waals surface area contributed by atoms with Crippen molar-refractivity contribution in [1.29, 1.82) is 0 Å². The molecule has 1 aromatic heterocycles. The van der Waals surface area contributed by atoms with Crippen LogP contribution in [0.2, 0.25) is 0 Å². The van der Waals surface area contributed by atoms with E-state index in [9.17, 15) is 4.79 Å². The Labute approximate surface area is 163 Å². The minimum absolute atomic E-state index is 0.0866. The Morgan fingerprint density at radius 3 is 2.46 bits per heavy atom. The lowest BCUT2D eigenvalue weighted by Crippen LogP contribution is -2.33. The van der Waals surface area contributed by atoms with Crippen LogP contribution >= 0.6 is 15.9 Å². The zero-order valence-corrected chi connectivity index (χ0v) is 16.8. The molecule has 2 aromatic carbocycles. The summed E-state index contributed by atoms with van der Waals surface area (Å²) in [5.74, 6) is 0.345. The van der Waals surface area contributed by atoms with Crippen LogP contribution in [0.15, 0.2) is 59.2 Å². The van der Waals surface area contributed by atoms with E-state index in [1.54, 1.807) is 0 Å². The van der Waals surface area contributed by atoms with Gasteiger partial charge in [0.15, 0.2) is 0 Å². The molecule has 4 heteroatoms. The third kappa shape index (κ3) is 4.01. The topological polar surface area (TPSA) is 44.9 Å². The third-order valence-electron chi connectivity index (χ3n) is 5.11. The van der Waals surface area contributed by atoms with Crippen LogP contribution in [0.5, 0.6) is 0 Å². The molecule has 0 unspecified atom stereocenters. The summed E-state index contributed by atoms with van der Waals surface area (Å²) in [6.07, 6.45) is 3.82. The van der Waals surface area contributed by atoms with Gasteiger partial charge >= 0.3 is 0 Å². The van der Waals surface area contributed by atoms with Crippen LogP contribution in [0.4, 0.5) is 0 Å².